The molecule has 5 rings (SSSR count). The first-order chi connectivity index (χ1) is 19.0. The molecule has 0 bridgehead atoms. The minimum absolute atomic E-state index is 0.115. The number of aromatic nitrogens is 3. The molecule has 7 nitrogen and oxygen atoms in total. The fraction of sp³-hybridized carbons (Fsp3) is 0.133. The summed E-state index contributed by atoms with van der Waals surface area (Å²) in [6, 6.07) is 29.3. The lowest BCUT2D eigenvalue weighted by Crippen LogP contribution is -2.21. The number of fused-ring (bicyclic) bond motifs is 1. The molecule has 0 saturated carbocycles. The largest absolute Gasteiger partial charge is 0.494 e. The van der Waals surface area contributed by atoms with Crippen molar-refractivity contribution >= 4 is 45.8 Å². The number of rotatable bonds is 9. The quantitative estimate of drug-likeness (QED) is 0.123. The van der Waals surface area contributed by atoms with Crippen LogP contribution in [0.3, 0.4) is 0 Å². The molecule has 196 valence electrons. The minimum Gasteiger partial charge on any atom is -0.494 e. The molecule has 0 aliphatic rings. The van der Waals surface area contributed by atoms with E-state index in [9.17, 15) is 4.79 Å². The summed E-state index contributed by atoms with van der Waals surface area (Å²) in [6.07, 6.45) is 0. The maximum atomic E-state index is 12.7. The van der Waals surface area contributed by atoms with Gasteiger partial charge in [0.2, 0.25) is 0 Å². The number of hydrogen-bond acceptors (Lipinski definition) is 6. The van der Waals surface area contributed by atoms with Gasteiger partial charge in [0.05, 0.1) is 18.1 Å². The van der Waals surface area contributed by atoms with E-state index in [1.54, 1.807) is 0 Å². The molecule has 4 aromatic carbocycles. The number of hydrogen-bond donors (Lipinski definition) is 1. The van der Waals surface area contributed by atoms with Crippen LogP contribution >= 0.6 is 23.4 Å². The molecule has 1 N–H and O–H groups in total. The third-order valence-electron chi connectivity index (χ3n) is 5.99. The van der Waals surface area contributed by atoms with Crippen molar-refractivity contribution in [2.75, 3.05) is 12.4 Å². The zero-order valence-corrected chi connectivity index (χ0v) is 23.0. The summed E-state index contributed by atoms with van der Waals surface area (Å²) < 4.78 is 7.51. The normalized spacial score (nSPS) is 11.5. The Morgan fingerprint density at radius 3 is 2.46 bits per heavy atom. The van der Waals surface area contributed by atoms with Crippen LogP contribution in [0, 0.1) is 0 Å². The van der Waals surface area contributed by atoms with Gasteiger partial charge in [-0.15, -0.1) is 10.2 Å². The van der Waals surface area contributed by atoms with Gasteiger partial charge in [-0.25, -0.2) is 5.43 Å². The number of thioether (sulfide) groups is 1. The summed E-state index contributed by atoms with van der Waals surface area (Å²) in [5, 5.41) is 16.6. The van der Waals surface area contributed by atoms with Gasteiger partial charge in [0.15, 0.2) is 11.0 Å². The Morgan fingerprint density at radius 1 is 0.974 bits per heavy atom. The summed E-state index contributed by atoms with van der Waals surface area (Å²) in [5.74, 6) is 1.29. The molecule has 0 atom stereocenters. The molecule has 0 saturated heterocycles. The molecule has 0 fully saturated rings. The van der Waals surface area contributed by atoms with Gasteiger partial charge in [-0.1, -0.05) is 59.8 Å². The second-order valence-electron chi connectivity index (χ2n) is 8.66. The van der Waals surface area contributed by atoms with Crippen molar-refractivity contribution in [2.45, 2.75) is 19.0 Å². The summed E-state index contributed by atoms with van der Waals surface area (Å²) in [4.78, 5) is 12.7. The first-order valence-electron chi connectivity index (χ1n) is 12.4. The third kappa shape index (κ3) is 6.30. The van der Waals surface area contributed by atoms with Crippen LogP contribution in [0.15, 0.2) is 101 Å². The molecular formula is C30H26ClN5O2S. The van der Waals surface area contributed by atoms with Crippen LogP contribution < -0.4 is 10.2 Å². The van der Waals surface area contributed by atoms with Crippen LogP contribution in [0.2, 0.25) is 5.02 Å². The fourth-order valence-corrected chi connectivity index (χ4v) is 4.90. The van der Waals surface area contributed by atoms with E-state index in [1.165, 1.54) is 11.8 Å². The monoisotopic (exact) mass is 555 g/mol. The van der Waals surface area contributed by atoms with Crippen molar-refractivity contribution in [3.8, 4) is 22.8 Å². The predicted molar refractivity (Wildman–Crippen MR) is 158 cm³/mol. The van der Waals surface area contributed by atoms with Gasteiger partial charge in [-0.3, -0.25) is 9.36 Å². The van der Waals surface area contributed by atoms with E-state index in [1.807, 2.05) is 91.2 Å². The van der Waals surface area contributed by atoms with Crippen LogP contribution in [-0.4, -0.2) is 38.7 Å². The van der Waals surface area contributed by atoms with E-state index in [0.717, 1.165) is 39.0 Å². The maximum absolute atomic E-state index is 12.7. The first kappa shape index (κ1) is 26.5. The van der Waals surface area contributed by atoms with Crippen molar-refractivity contribution in [3.63, 3.8) is 0 Å². The van der Waals surface area contributed by atoms with Crippen molar-refractivity contribution in [3.05, 3.63) is 102 Å². The SMILES string of the molecule is CCOc1ccc(-n2c(SCC(=O)N/N=C(/C)c3ccc4ccccc4c3)nnc2-c2ccc(Cl)cc2)cc1. The molecule has 1 heterocycles. The lowest BCUT2D eigenvalue weighted by molar-refractivity contribution is -0.118. The van der Waals surface area contributed by atoms with Gasteiger partial charge >= 0.3 is 0 Å². The number of carbonyl (C=O) groups excluding carboxylic acids is 1. The van der Waals surface area contributed by atoms with Gasteiger partial charge in [-0.2, -0.15) is 5.10 Å². The van der Waals surface area contributed by atoms with E-state index in [2.05, 4.69) is 38.9 Å². The molecule has 39 heavy (non-hydrogen) atoms. The first-order valence-corrected chi connectivity index (χ1v) is 13.8. The van der Waals surface area contributed by atoms with Gasteiger partial charge in [0.1, 0.15) is 5.75 Å². The number of nitrogens with zero attached hydrogens (tertiary/aromatic N) is 4. The predicted octanol–water partition coefficient (Wildman–Crippen LogP) is 6.77. The summed E-state index contributed by atoms with van der Waals surface area (Å²) in [5.41, 5.74) is 6.04. The molecule has 0 spiro atoms. The Morgan fingerprint density at radius 2 is 1.72 bits per heavy atom. The number of benzene rings is 4. The van der Waals surface area contributed by atoms with Crippen LogP contribution in [0.1, 0.15) is 19.4 Å². The van der Waals surface area contributed by atoms with Crippen molar-refractivity contribution in [1.29, 1.82) is 0 Å². The van der Waals surface area contributed by atoms with Crippen LogP contribution in [0.4, 0.5) is 0 Å². The van der Waals surface area contributed by atoms with E-state index < -0.39 is 0 Å². The summed E-state index contributed by atoms with van der Waals surface area (Å²) >= 11 is 7.38. The summed E-state index contributed by atoms with van der Waals surface area (Å²) in [7, 11) is 0. The standard InChI is InChI=1S/C30H26ClN5O2S/c1-3-38-27-16-14-26(15-17-27)36-29(22-10-12-25(31)13-11-22)34-35-30(36)39-19-28(37)33-32-20(2)23-9-8-21-6-4-5-7-24(21)18-23/h4-18H,3,19H2,1-2H3,(H,33,37)/b32-20-. The van der Waals surface area contributed by atoms with E-state index in [4.69, 9.17) is 16.3 Å². The molecule has 0 aliphatic carbocycles. The second-order valence-corrected chi connectivity index (χ2v) is 10.0. The van der Waals surface area contributed by atoms with Gasteiger partial charge in [0, 0.05) is 16.3 Å². The topological polar surface area (TPSA) is 81.4 Å². The highest BCUT2D eigenvalue weighted by molar-refractivity contribution is 7.99. The Balaban J connectivity index is 1.33. The Kier molecular flexibility index (Phi) is 8.24. The number of carbonyl (C=O) groups is 1. The van der Waals surface area contributed by atoms with Crippen LogP contribution in [0.25, 0.3) is 27.8 Å². The summed E-state index contributed by atoms with van der Waals surface area (Å²) in [6.45, 7) is 4.40. The average molecular weight is 556 g/mol. The second kappa shape index (κ2) is 12.1. The molecule has 1 aromatic heterocycles. The van der Waals surface area contributed by atoms with Gasteiger partial charge in [0.25, 0.3) is 5.91 Å². The Labute approximate surface area is 235 Å². The van der Waals surface area contributed by atoms with E-state index in [0.29, 0.717) is 22.6 Å². The molecule has 0 radical (unpaired) electrons. The highest BCUT2D eigenvalue weighted by atomic mass is 35.5. The smallest absolute Gasteiger partial charge is 0.250 e. The molecule has 5 aromatic rings. The molecule has 0 unspecified atom stereocenters. The average Bonchev–Trinajstić information content (AvgIpc) is 3.39. The lowest BCUT2D eigenvalue weighted by Gasteiger charge is -2.11. The highest BCUT2D eigenvalue weighted by Gasteiger charge is 2.17. The maximum Gasteiger partial charge on any atom is 0.250 e. The molecule has 1 amide bonds. The zero-order valence-electron chi connectivity index (χ0n) is 21.5. The number of amides is 1. The number of hydrazone groups is 1. The fourth-order valence-electron chi connectivity index (χ4n) is 4.03. The van der Waals surface area contributed by atoms with Crippen molar-refractivity contribution in [1.82, 2.24) is 20.2 Å². The Hall–Kier alpha value is -4.14. The number of nitrogens with one attached hydrogen (secondary N) is 1. The molecule has 0 aliphatic heterocycles. The molecular weight excluding hydrogens is 530 g/mol. The van der Waals surface area contributed by atoms with Gasteiger partial charge < -0.3 is 4.74 Å². The van der Waals surface area contributed by atoms with Crippen molar-refractivity contribution in [2.24, 2.45) is 5.10 Å². The molecule has 9 heteroatoms. The van der Waals surface area contributed by atoms with Crippen LogP contribution in [0.5, 0.6) is 5.75 Å². The van der Waals surface area contributed by atoms with Crippen LogP contribution in [-0.2, 0) is 4.79 Å². The van der Waals surface area contributed by atoms with E-state index >= 15 is 0 Å². The lowest BCUT2D eigenvalue weighted by atomic mass is 10.0. The van der Waals surface area contributed by atoms with E-state index in [-0.39, 0.29) is 11.7 Å². The van der Waals surface area contributed by atoms with Gasteiger partial charge in [-0.05, 0) is 84.8 Å². The third-order valence-corrected chi connectivity index (χ3v) is 7.17. The number of ether oxygens (including phenoxy) is 1. The minimum atomic E-state index is -0.241. The highest BCUT2D eigenvalue weighted by Crippen LogP contribution is 2.29. The van der Waals surface area contributed by atoms with Crippen molar-refractivity contribution < 1.29 is 9.53 Å². The zero-order chi connectivity index (χ0) is 27.2. The Bertz CT molecular complexity index is 1630. The number of halogens is 1.